The monoisotopic (exact) mass is 503 g/mol. The lowest BCUT2D eigenvalue weighted by Crippen LogP contribution is -2.48. The molecule has 1 amide bonds. The number of hydrogen-bond acceptors (Lipinski definition) is 5. The van der Waals surface area contributed by atoms with Crippen LogP contribution in [0.3, 0.4) is 0 Å². The standard InChI is InChI=1S/C27H39F2N5O2/c1-3-6-25(31-20-9-8-18-11-19(28)12-24(29)23(18)13-20)27(36)32-26-16-33(17-30-26)14-21-7-5-10-34(21)15-22(35)4-2/h11-12,16-17,20-22,25,31,35H,3-10,13-15H2,1-2H3,(H,32,36)/t20?,21?,22-,25-/m0/s1. The molecule has 1 aromatic heterocycles. The molecular formula is C27H39F2N5O2. The molecule has 3 N–H and O–H groups in total. The highest BCUT2D eigenvalue weighted by Gasteiger charge is 2.28. The number of likely N-dealkylation sites (tertiary alicyclic amines) is 1. The van der Waals surface area contributed by atoms with Crippen molar-refractivity contribution in [3.8, 4) is 0 Å². The number of halogens is 2. The molecule has 4 rings (SSSR count). The van der Waals surface area contributed by atoms with E-state index in [4.69, 9.17) is 0 Å². The number of anilines is 1. The van der Waals surface area contributed by atoms with Crippen LogP contribution in [0, 0.1) is 11.6 Å². The van der Waals surface area contributed by atoms with Crippen LogP contribution in [0.4, 0.5) is 14.6 Å². The van der Waals surface area contributed by atoms with Gasteiger partial charge in [-0.15, -0.1) is 0 Å². The number of aromatic nitrogens is 2. The third kappa shape index (κ3) is 6.69. The van der Waals surface area contributed by atoms with Crippen LogP contribution in [0.1, 0.15) is 63.5 Å². The van der Waals surface area contributed by atoms with E-state index < -0.39 is 17.7 Å². The summed E-state index contributed by atoms with van der Waals surface area (Å²) >= 11 is 0. The molecular weight excluding hydrogens is 464 g/mol. The molecule has 1 aromatic carbocycles. The maximum absolute atomic E-state index is 14.3. The molecule has 1 aliphatic heterocycles. The molecule has 0 saturated carbocycles. The Balaban J connectivity index is 1.33. The SMILES string of the molecule is CCC[C@H](NC1CCc2cc(F)cc(F)c2C1)C(=O)Nc1cn(CC2CCCN2C[C@@H](O)CC)cn1. The summed E-state index contributed by atoms with van der Waals surface area (Å²) in [6.45, 7) is 6.47. The zero-order valence-corrected chi connectivity index (χ0v) is 21.4. The van der Waals surface area contributed by atoms with Gasteiger partial charge in [-0.05, 0) is 68.7 Å². The number of aliphatic hydroxyl groups excluding tert-OH is 1. The van der Waals surface area contributed by atoms with E-state index in [0.717, 1.165) is 56.8 Å². The van der Waals surface area contributed by atoms with Gasteiger partial charge in [0.1, 0.15) is 11.6 Å². The fraction of sp³-hybridized carbons (Fsp3) is 0.630. The number of β-amino-alcohol motifs (C(OH)–C–C–N with tert-alkyl or cyclic N) is 1. The summed E-state index contributed by atoms with van der Waals surface area (Å²) in [7, 11) is 0. The molecule has 2 unspecified atom stereocenters. The molecule has 2 heterocycles. The van der Waals surface area contributed by atoms with Crippen molar-refractivity contribution < 1.29 is 18.7 Å². The highest BCUT2D eigenvalue weighted by Crippen LogP contribution is 2.26. The van der Waals surface area contributed by atoms with Crippen molar-refractivity contribution in [2.75, 3.05) is 18.4 Å². The van der Waals surface area contributed by atoms with Gasteiger partial charge < -0.3 is 20.3 Å². The lowest BCUT2D eigenvalue weighted by atomic mass is 9.87. The molecule has 198 valence electrons. The average Bonchev–Trinajstić information content (AvgIpc) is 3.48. The van der Waals surface area contributed by atoms with Gasteiger partial charge in [-0.1, -0.05) is 20.3 Å². The van der Waals surface area contributed by atoms with E-state index >= 15 is 0 Å². The normalized spacial score (nSPS) is 21.8. The van der Waals surface area contributed by atoms with Crippen LogP contribution in [0.15, 0.2) is 24.7 Å². The van der Waals surface area contributed by atoms with E-state index in [2.05, 4.69) is 20.5 Å². The van der Waals surface area contributed by atoms with Gasteiger partial charge in [0.05, 0.1) is 18.5 Å². The highest BCUT2D eigenvalue weighted by molar-refractivity contribution is 5.94. The van der Waals surface area contributed by atoms with E-state index in [-0.39, 0.29) is 18.1 Å². The maximum atomic E-state index is 14.3. The Morgan fingerprint density at radius 2 is 2.11 bits per heavy atom. The Labute approximate surface area is 212 Å². The molecule has 1 saturated heterocycles. The third-order valence-electron chi connectivity index (χ3n) is 7.52. The maximum Gasteiger partial charge on any atom is 0.242 e. The number of aliphatic hydroxyl groups is 1. The summed E-state index contributed by atoms with van der Waals surface area (Å²) in [5.41, 5.74) is 1.26. The molecule has 7 nitrogen and oxygen atoms in total. The number of fused-ring (bicyclic) bond motifs is 1. The number of amides is 1. The molecule has 9 heteroatoms. The predicted molar refractivity (Wildman–Crippen MR) is 136 cm³/mol. The van der Waals surface area contributed by atoms with Gasteiger partial charge in [0, 0.05) is 37.4 Å². The first-order chi connectivity index (χ1) is 17.4. The van der Waals surface area contributed by atoms with Crippen LogP contribution >= 0.6 is 0 Å². The number of carbonyl (C=O) groups is 1. The lowest BCUT2D eigenvalue weighted by molar-refractivity contribution is -0.118. The van der Waals surface area contributed by atoms with Crippen molar-refractivity contribution in [3.05, 3.63) is 47.4 Å². The molecule has 4 atom stereocenters. The Morgan fingerprint density at radius 3 is 2.89 bits per heavy atom. The summed E-state index contributed by atoms with van der Waals surface area (Å²) in [4.78, 5) is 19.8. The summed E-state index contributed by atoms with van der Waals surface area (Å²) in [5, 5.41) is 16.4. The molecule has 1 fully saturated rings. The first kappa shape index (κ1) is 26.7. The number of hydrogen-bond donors (Lipinski definition) is 3. The highest BCUT2D eigenvalue weighted by atomic mass is 19.1. The average molecular weight is 504 g/mol. The Hall–Kier alpha value is -2.36. The summed E-state index contributed by atoms with van der Waals surface area (Å²) in [6, 6.07) is 2.23. The predicted octanol–water partition coefficient (Wildman–Crippen LogP) is 3.65. The van der Waals surface area contributed by atoms with E-state index in [0.29, 0.717) is 43.2 Å². The van der Waals surface area contributed by atoms with Crippen LogP contribution < -0.4 is 10.6 Å². The number of benzene rings is 1. The number of nitrogens with one attached hydrogen (secondary N) is 2. The van der Waals surface area contributed by atoms with E-state index in [1.54, 1.807) is 6.33 Å². The van der Waals surface area contributed by atoms with E-state index in [9.17, 15) is 18.7 Å². The second-order valence-corrected chi connectivity index (χ2v) is 10.3. The Bertz CT molecular complexity index is 1030. The fourth-order valence-corrected chi connectivity index (χ4v) is 5.52. The van der Waals surface area contributed by atoms with Gasteiger partial charge >= 0.3 is 0 Å². The molecule has 2 aliphatic rings. The van der Waals surface area contributed by atoms with Crippen LogP contribution in [0.2, 0.25) is 0 Å². The van der Waals surface area contributed by atoms with Gasteiger partial charge in [-0.3, -0.25) is 9.69 Å². The minimum atomic E-state index is -0.542. The van der Waals surface area contributed by atoms with Crippen molar-refractivity contribution in [1.29, 1.82) is 0 Å². The van der Waals surface area contributed by atoms with Crippen molar-refractivity contribution in [1.82, 2.24) is 19.8 Å². The minimum absolute atomic E-state index is 0.0517. The van der Waals surface area contributed by atoms with Crippen LogP contribution in [0.5, 0.6) is 0 Å². The zero-order chi connectivity index (χ0) is 25.7. The quantitative estimate of drug-likeness (QED) is 0.436. The van der Waals surface area contributed by atoms with Gasteiger partial charge in [-0.25, -0.2) is 13.8 Å². The summed E-state index contributed by atoms with van der Waals surface area (Å²) in [5.74, 6) is -0.694. The van der Waals surface area contributed by atoms with Gasteiger partial charge in [0.25, 0.3) is 0 Å². The molecule has 0 spiro atoms. The van der Waals surface area contributed by atoms with Crippen LogP contribution in [-0.4, -0.2) is 62.8 Å². The van der Waals surface area contributed by atoms with Gasteiger partial charge in [0.2, 0.25) is 5.91 Å². The zero-order valence-electron chi connectivity index (χ0n) is 21.4. The van der Waals surface area contributed by atoms with Crippen molar-refractivity contribution in [3.63, 3.8) is 0 Å². The van der Waals surface area contributed by atoms with E-state index in [1.807, 2.05) is 24.6 Å². The summed E-state index contributed by atoms with van der Waals surface area (Å²) in [6.07, 6.45) is 9.46. The van der Waals surface area contributed by atoms with Gasteiger partial charge in [0.15, 0.2) is 5.82 Å². The van der Waals surface area contributed by atoms with Crippen LogP contribution in [0.25, 0.3) is 0 Å². The Kier molecular flexibility index (Phi) is 9.09. The smallest absolute Gasteiger partial charge is 0.242 e. The molecule has 2 aromatic rings. The van der Waals surface area contributed by atoms with Crippen molar-refractivity contribution in [2.24, 2.45) is 0 Å². The largest absolute Gasteiger partial charge is 0.392 e. The third-order valence-corrected chi connectivity index (χ3v) is 7.52. The summed E-state index contributed by atoms with van der Waals surface area (Å²) < 4.78 is 29.9. The molecule has 0 radical (unpaired) electrons. The minimum Gasteiger partial charge on any atom is -0.392 e. The first-order valence-corrected chi connectivity index (χ1v) is 13.3. The Morgan fingerprint density at radius 1 is 1.28 bits per heavy atom. The number of imidazole rings is 1. The number of rotatable bonds is 11. The fourth-order valence-electron chi connectivity index (χ4n) is 5.52. The van der Waals surface area contributed by atoms with Crippen molar-refractivity contribution in [2.45, 2.75) is 96.0 Å². The molecule has 36 heavy (non-hydrogen) atoms. The second-order valence-electron chi connectivity index (χ2n) is 10.3. The topological polar surface area (TPSA) is 82.4 Å². The number of nitrogens with zero attached hydrogens (tertiary/aromatic N) is 3. The lowest BCUT2D eigenvalue weighted by Gasteiger charge is -2.29. The van der Waals surface area contributed by atoms with Crippen LogP contribution in [-0.2, 0) is 24.2 Å². The van der Waals surface area contributed by atoms with Gasteiger partial charge in [-0.2, -0.15) is 0 Å². The second kappa shape index (κ2) is 12.3. The van der Waals surface area contributed by atoms with E-state index in [1.165, 1.54) is 6.07 Å². The molecule has 1 aliphatic carbocycles. The molecule has 0 bridgehead atoms. The first-order valence-electron chi connectivity index (χ1n) is 13.3. The van der Waals surface area contributed by atoms with Crippen molar-refractivity contribution >= 4 is 11.7 Å². The number of carbonyl (C=O) groups excluding carboxylic acids is 1. The number of aryl methyl sites for hydroxylation is 1.